The summed E-state index contributed by atoms with van der Waals surface area (Å²) in [6.45, 7) is 7.22. The van der Waals surface area contributed by atoms with E-state index in [1.807, 2.05) is 32.0 Å². The zero-order chi connectivity index (χ0) is 19.3. The highest BCUT2D eigenvalue weighted by molar-refractivity contribution is 7.89. The predicted octanol–water partition coefficient (Wildman–Crippen LogP) is 3.01. The Balaban J connectivity index is 1.97. The van der Waals surface area contributed by atoms with Crippen molar-refractivity contribution in [3.8, 4) is 5.75 Å². The van der Waals surface area contributed by atoms with E-state index in [-0.39, 0.29) is 23.5 Å². The maximum Gasteiger partial charge on any atom is 0.262 e. The van der Waals surface area contributed by atoms with E-state index in [1.165, 1.54) is 12.1 Å². The highest BCUT2D eigenvalue weighted by Gasteiger charge is 2.15. The van der Waals surface area contributed by atoms with Gasteiger partial charge in [0.05, 0.1) is 4.90 Å². The summed E-state index contributed by atoms with van der Waals surface area (Å²) in [5.74, 6) is 0.382. The lowest BCUT2D eigenvalue weighted by Gasteiger charge is -2.12. The molecule has 6 nitrogen and oxygen atoms in total. The van der Waals surface area contributed by atoms with Gasteiger partial charge >= 0.3 is 0 Å². The average Bonchev–Trinajstić information content (AvgIpc) is 2.53. The van der Waals surface area contributed by atoms with Crippen LogP contribution >= 0.6 is 0 Å². The van der Waals surface area contributed by atoms with Gasteiger partial charge < -0.3 is 10.1 Å². The maximum absolute atomic E-state index is 12.1. The minimum Gasteiger partial charge on any atom is -0.483 e. The largest absolute Gasteiger partial charge is 0.483 e. The number of para-hydroxylation sites is 1. The van der Waals surface area contributed by atoms with Crippen LogP contribution in [0.25, 0.3) is 0 Å². The highest BCUT2D eigenvalue weighted by atomic mass is 32.2. The topological polar surface area (TPSA) is 84.5 Å². The fraction of sp³-hybridized carbons (Fsp3) is 0.316. The molecule has 7 heteroatoms. The molecule has 0 fully saturated rings. The van der Waals surface area contributed by atoms with Crippen molar-refractivity contribution in [3.05, 3.63) is 53.6 Å². The van der Waals surface area contributed by atoms with E-state index in [2.05, 4.69) is 10.0 Å². The Bertz CT molecular complexity index is 855. The van der Waals surface area contributed by atoms with Gasteiger partial charge in [0.1, 0.15) is 5.75 Å². The van der Waals surface area contributed by atoms with Crippen LogP contribution in [0.4, 0.5) is 5.69 Å². The summed E-state index contributed by atoms with van der Waals surface area (Å²) in [5.41, 5.74) is 2.43. The molecule has 0 spiro atoms. The molecule has 26 heavy (non-hydrogen) atoms. The van der Waals surface area contributed by atoms with E-state index < -0.39 is 10.0 Å². The molecule has 0 aliphatic heterocycles. The molecule has 1 amide bonds. The smallest absolute Gasteiger partial charge is 0.262 e. The number of rotatable bonds is 7. The van der Waals surface area contributed by atoms with Crippen LogP contribution in [0.1, 0.15) is 25.0 Å². The zero-order valence-electron chi connectivity index (χ0n) is 15.4. The molecule has 0 radical (unpaired) electrons. The molecule has 0 atom stereocenters. The molecule has 140 valence electrons. The summed E-state index contributed by atoms with van der Waals surface area (Å²) in [6, 6.07) is 11.6. The lowest BCUT2D eigenvalue weighted by atomic mass is 10.1. The number of benzene rings is 2. The molecule has 0 bridgehead atoms. The third kappa shape index (κ3) is 5.31. The van der Waals surface area contributed by atoms with Crippen LogP contribution in [-0.4, -0.2) is 27.0 Å². The molecule has 0 aromatic heterocycles. The Morgan fingerprint density at radius 2 is 1.62 bits per heavy atom. The third-order valence-electron chi connectivity index (χ3n) is 3.60. The summed E-state index contributed by atoms with van der Waals surface area (Å²) in [5, 5.41) is 2.69. The van der Waals surface area contributed by atoms with Gasteiger partial charge in [0.2, 0.25) is 10.0 Å². The number of aryl methyl sites for hydroxylation is 2. The first-order chi connectivity index (χ1) is 12.2. The van der Waals surface area contributed by atoms with E-state index in [4.69, 9.17) is 4.74 Å². The van der Waals surface area contributed by atoms with Crippen molar-refractivity contribution in [3.63, 3.8) is 0 Å². The lowest BCUT2D eigenvalue weighted by molar-refractivity contribution is -0.118. The quantitative estimate of drug-likeness (QED) is 0.778. The van der Waals surface area contributed by atoms with Gasteiger partial charge in [-0.25, -0.2) is 13.1 Å². The number of carbonyl (C=O) groups excluding carboxylic acids is 1. The van der Waals surface area contributed by atoms with Crippen LogP contribution in [-0.2, 0) is 14.8 Å². The Morgan fingerprint density at radius 3 is 2.15 bits per heavy atom. The second-order valence-corrected chi connectivity index (χ2v) is 8.07. The minimum atomic E-state index is -3.55. The van der Waals surface area contributed by atoms with E-state index in [1.54, 1.807) is 26.0 Å². The van der Waals surface area contributed by atoms with Crippen LogP contribution < -0.4 is 14.8 Å². The van der Waals surface area contributed by atoms with E-state index in [0.29, 0.717) is 11.4 Å². The summed E-state index contributed by atoms with van der Waals surface area (Å²) in [6.07, 6.45) is 0. The van der Waals surface area contributed by atoms with Crippen molar-refractivity contribution in [2.45, 2.75) is 38.6 Å². The molecule has 0 saturated heterocycles. The van der Waals surface area contributed by atoms with E-state index >= 15 is 0 Å². The van der Waals surface area contributed by atoms with E-state index in [0.717, 1.165) is 11.1 Å². The first-order valence-corrected chi connectivity index (χ1v) is 9.78. The number of ether oxygens (including phenoxy) is 1. The van der Waals surface area contributed by atoms with Crippen molar-refractivity contribution in [1.82, 2.24) is 4.72 Å². The molecule has 0 aliphatic rings. The van der Waals surface area contributed by atoms with Gasteiger partial charge in [-0.2, -0.15) is 0 Å². The Labute approximate surface area is 154 Å². The van der Waals surface area contributed by atoms with Gasteiger partial charge in [0.15, 0.2) is 6.61 Å². The van der Waals surface area contributed by atoms with Gasteiger partial charge in [-0.3, -0.25) is 4.79 Å². The fourth-order valence-electron chi connectivity index (χ4n) is 2.46. The second-order valence-electron chi connectivity index (χ2n) is 6.36. The number of nitrogens with one attached hydrogen (secondary N) is 2. The molecule has 0 saturated carbocycles. The Hall–Kier alpha value is -2.38. The predicted molar refractivity (Wildman–Crippen MR) is 102 cm³/mol. The summed E-state index contributed by atoms with van der Waals surface area (Å²) < 4.78 is 32.3. The molecule has 2 N–H and O–H groups in total. The SMILES string of the molecule is Cc1cccc(C)c1OCC(=O)Nc1ccc(S(=O)(=O)NC(C)C)cc1. The normalized spacial score (nSPS) is 11.4. The average molecular weight is 376 g/mol. The van der Waals surface area contributed by atoms with Gasteiger partial charge in [-0.1, -0.05) is 18.2 Å². The lowest BCUT2D eigenvalue weighted by Crippen LogP contribution is -2.30. The van der Waals surface area contributed by atoms with Crippen molar-refractivity contribution < 1.29 is 17.9 Å². The summed E-state index contributed by atoms with van der Waals surface area (Å²) in [4.78, 5) is 12.2. The van der Waals surface area contributed by atoms with Gasteiger partial charge in [-0.15, -0.1) is 0 Å². The second kappa shape index (κ2) is 8.33. The van der Waals surface area contributed by atoms with Gasteiger partial charge in [-0.05, 0) is 63.1 Å². The van der Waals surface area contributed by atoms with Crippen LogP contribution in [0.5, 0.6) is 5.75 Å². The summed E-state index contributed by atoms with van der Waals surface area (Å²) >= 11 is 0. The van der Waals surface area contributed by atoms with Gasteiger partial charge in [0, 0.05) is 11.7 Å². The first kappa shape index (κ1) is 19.9. The molecule has 0 heterocycles. The third-order valence-corrected chi connectivity index (χ3v) is 5.27. The summed E-state index contributed by atoms with van der Waals surface area (Å²) in [7, 11) is -3.55. The molecule has 2 rings (SSSR count). The van der Waals surface area contributed by atoms with Gasteiger partial charge in [0.25, 0.3) is 5.91 Å². The standard InChI is InChI=1S/C19H24N2O4S/c1-13(2)21-26(23,24)17-10-8-16(9-11-17)20-18(22)12-25-19-14(3)6-5-7-15(19)4/h5-11,13,21H,12H2,1-4H3,(H,20,22). The van der Waals surface area contributed by atoms with Crippen molar-refractivity contribution in [2.24, 2.45) is 0 Å². The van der Waals surface area contributed by atoms with Crippen molar-refractivity contribution in [2.75, 3.05) is 11.9 Å². The van der Waals surface area contributed by atoms with Crippen LogP contribution in [0.15, 0.2) is 47.4 Å². The van der Waals surface area contributed by atoms with Crippen molar-refractivity contribution in [1.29, 1.82) is 0 Å². The molecule has 2 aromatic rings. The minimum absolute atomic E-state index is 0.124. The van der Waals surface area contributed by atoms with Crippen LogP contribution in [0.3, 0.4) is 0 Å². The number of amides is 1. The Morgan fingerprint density at radius 1 is 1.04 bits per heavy atom. The number of sulfonamides is 1. The fourth-order valence-corrected chi connectivity index (χ4v) is 3.71. The van der Waals surface area contributed by atoms with Crippen LogP contribution in [0, 0.1) is 13.8 Å². The molecule has 2 aromatic carbocycles. The monoisotopic (exact) mass is 376 g/mol. The van der Waals surface area contributed by atoms with Crippen molar-refractivity contribution >= 4 is 21.6 Å². The first-order valence-electron chi connectivity index (χ1n) is 8.30. The Kier molecular flexibility index (Phi) is 6.39. The maximum atomic E-state index is 12.1. The van der Waals surface area contributed by atoms with Crippen LogP contribution in [0.2, 0.25) is 0 Å². The molecule has 0 aliphatic carbocycles. The number of hydrogen-bond acceptors (Lipinski definition) is 4. The molecular weight excluding hydrogens is 352 g/mol. The van der Waals surface area contributed by atoms with E-state index in [9.17, 15) is 13.2 Å². The molecular formula is C19H24N2O4S. The highest BCUT2D eigenvalue weighted by Crippen LogP contribution is 2.22. The molecule has 0 unspecified atom stereocenters. The zero-order valence-corrected chi connectivity index (χ0v) is 16.2. The number of anilines is 1. The number of carbonyl (C=O) groups is 1. The number of hydrogen-bond donors (Lipinski definition) is 2.